The fourth-order valence-electron chi connectivity index (χ4n) is 4.09. The second kappa shape index (κ2) is 9.14. The molecule has 0 atom stereocenters. The Kier molecular flexibility index (Phi) is 6.62. The van der Waals surface area contributed by atoms with E-state index in [-0.39, 0.29) is 5.82 Å². The third-order valence-electron chi connectivity index (χ3n) is 5.69. The Labute approximate surface area is 156 Å². The Hall–Kier alpha value is -1.93. The number of benzene rings is 2. The molecule has 1 fully saturated rings. The van der Waals surface area contributed by atoms with Crippen LogP contribution in [0.5, 0.6) is 0 Å². The molecule has 1 saturated carbocycles. The average molecular weight is 352 g/mol. The smallest absolute Gasteiger partial charge is 0.129 e. The SMILES string of the molecule is C=CCCC1CCC(c2ccc(-c3ccc(COC)c(F)c3)cc2)CC1. The Morgan fingerprint density at radius 1 is 1.04 bits per heavy atom. The number of allylic oxidation sites excluding steroid dienone is 1. The molecule has 1 nitrogen and oxygen atoms in total. The van der Waals surface area contributed by atoms with Crippen molar-refractivity contribution in [1.82, 2.24) is 0 Å². The first-order valence-corrected chi connectivity index (χ1v) is 9.70. The molecule has 0 saturated heterocycles. The van der Waals surface area contributed by atoms with Crippen LogP contribution in [-0.2, 0) is 11.3 Å². The van der Waals surface area contributed by atoms with Crippen LogP contribution in [0.3, 0.4) is 0 Å². The van der Waals surface area contributed by atoms with Gasteiger partial charge in [0.15, 0.2) is 0 Å². The molecule has 0 unspecified atom stereocenters. The zero-order valence-electron chi connectivity index (χ0n) is 15.7. The number of rotatable bonds is 7. The molecule has 0 N–H and O–H groups in total. The Morgan fingerprint density at radius 2 is 1.73 bits per heavy atom. The van der Waals surface area contributed by atoms with Crippen molar-refractivity contribution >= 4 is 0 Å². The molecule has 0 aromatic heterocycles. The molecule has 0 heterocycles. The highest BCUT2D eigenvalue weighted by Crippen LogP contribution is 2.38. The van der Waals surface area contributed by atoms with Crippen molar-refractivity contribution in [3.05, 3.63) is 72.1 Å². The number of hydrogen-bond donors (Lipinski definition) is 0. The molecule has 3 rings (SSSR count). The molecular formula is C24H29FO. The van der Waals surface area contributed by atoms with Gasteiger partial charge >= 0.3 is 0 Å². The topological polar surface area (TPSA) is 9.23 Å². The standard InChI is InChI=1S/C24H29FO/c1-3-4-5-18-6-8-19(9-7-18)20-10-12-21(13-11-20)22-14-15-23(17-26-2)24(25)16-22/h3,10-16,18-19H,1,4-9,17H2,2H3. The summed E-state index contributed by atoms with van der Waals surface area (Å²) >= 11 is 0. The van der Waals surface area contributed by atoms with Crippen LogP contribution < -0.4 is 0 Å². The maximum absolute atomic E-state index is 14.1. The van der Waals surface area contributed by atoms with Crippen molar-refractivity contribution in [2.24, 2.45) is 5.92 Å². The van der Waals surface area contributed by atoms with Crippen molar-refractivity contribution in [1.29, 1.82) is 0 Å². The Bertz CT molecular complexity index is 711. The summed E-state index contributed by atoms with van der Waals surface area (Å²) < 4.78 is 19.2. The van der Waals surface area contributed by atoms with Crippen molar-refractivity contribution in [3.63, 3.8) is 0 Å². The average Bonchev–Trinajstić information content (AvgIpc) is 2.69. The van der Waals surface area contributed by atoms with Crippen LogP contribution in [0, 0.1) is 11.7 Å². The van der Waals surface area contributed by atoms with E-state index < -0.39 is 0 Å². The van der Waals surface area contributed by atoms with Crippen LogP contribution in [0.25, 0.3) is 11.1 Å². The second-order valence-corrected chi connectivity index (χ2v) is 7.44. The second-order valence-electron chi connectivity index (χ2n) is 7.44. The van der Waals surface area contributed by atoms with Gasteiger partial charge in [-0.05, 0) is 73.1 Å². The molecule has 26 heavy (non-hydrogen) atoms. The summed E-state index contributed by atoms with van der Waals surface area (Å²) in [6.45, 7) is 4.14. The molecular weight excluding hydrogens is 323 g/mol. The lowest BCUT2D eigenvalue weighted by Gasteiger charge is -2.28. The predicted octanol–water partition coefficient (Wildman–Crippen LogP) is 6.88. The molecule has 0 radical (unpaired) electrons. The van der Waals surface area contributed by atoms with Crippen molar-refractivity contribution < 1.29 is 9.13 Å². The number of hydrogen-bond acceptors (Lipinski definition) is 1. The van der Waals surface area contributed by atoms with Crippen LogP contribution in [0.15, 0.2) is 55.1 Å². The fraction of sp³-hybridized carbons (Fsp3) is 0.417. The van der Waals surface area contributed by atoms with E-state index in [0.717, 1.165) is 23.5 Å². The highest BCUT2D eigenvalue weighted by atomic mass is 19.1. The molecule has 138 valence electrons. The normalized spacial score (nSPS) is 20.1. The van der Waals surface area contributed by atoms with Gasteiger partial charge in [0.2, 0.25) is 0 Å². The number of methoxy groups -OCH3 is 1. The van der Waals surface area contributed by atoms with E-state index in [1.807, 2.05) is 18.2 Å². The monoisotopic (exact) mass is 352 g/mol. The minimum absolute atomic E-state index is 0.203. The lowest BCUT2D eigenvalue weighted by atomic mass is 9.77. The molecule has 0 spiro atoms. The van der Waals surface area contributed by atoms with Gasteiger partial charge in [-0.1, -0.05) is 42.5 Å². The highest BCUT2D eigenvalue weighted by Gasteiger charge is 2.21. The van der Waals surface area contributed by atoms with Crippen LogP contribution in [-0.4, -0.2) is 7.11 Å². The first-order valence-electron chi connectivity index (χ1n) is 9.70. The van der Waals surface area contributed by atoms with Gasteiger partial charge in [0.05, 0.1) is 6.61 Å². The largest absolute Gasteiger partial charge is 0.380 e. The maximum atomic E-state index is 14.1. The van der Waals surface area contributed by atoms with Crippen molar-refractivity contribution in [2.75, 3.05) is 7.11 Å². The third kappa shape index (κ3) is 4.62. The predicted molar refractivity (Wildman–Crippen MR) is 107 cm³/mol. The molecule has 1 aliphatic carbocycles. The lowest BCUT2D eigenvalue weighted by molar-refractivity contribution is 0.181. The van der Waals surface area contributed by atoms with E-state index in [4.69, 9.17) is 4.74 Å². The number of halogens is 1. The number of ether oxygens (including phenoxy) is 1. The highest BCUT2D eigenvalue weighted by molar-refractivity contribution is 5.64. The summed E-state index contributed by atoms with van der Waals surface area (Å²) in [4.78, 5) is 0. The van der Waals surface area contributed by atoms with Gasteiger partial charge in [0, 0.05) is 12.7 Å². The van der Waals surface area contributed by atoms with Gasteiger partial charge in [-0.3, -0.25) is 0 Å². The summed E-state index contributed by atoms with van der Waals surface area (Å²) in [5, 5.41) is 0. The zero-order chi connectivity index (χ0) is 18.4. The molecule has 2 aromatic rings. The molecule has 2 aromatic carbocycles. The van der Waals surface area contributed by atoms with Gasteiger partial charge in [0.25, 0.3) is 0 Å². The maximum Gasteiger partial charge on any atom is 0.129 e. The van der Waals surface area contributed by atoms with Crippen molar-refractivity contribution in [3.8, 4) is 11.1 Å². The van der Waals surface area contributed by atoms with E-state index in [2.05, 4.69) is 30.8 Å². The van der Waals surface area contributed by atoms with Gasteiger partial charge in [-0.25, -0.2) is 4.39 Å². The summed E-state index contributed by atoms with van der Waals surface area (Å²) in [5.41, 5.74) is 4.01. The third-order valence-corrected chi connectivity index (χ3v) is 5.69. The molecule has 1 aliphatic rings. The Morgan fingerprint density at radius 3 is 2.35 bits per heavy atom. The molecule has 0 bridgehead atoms. The molecule has 2 heteroatoms. The molecule has 0 aliphatic heterocycles. The van der Waals surface area contributed by atoms with Gasteiger partial charge < -0.3 is 4.74 Å². The summed E-state index contributed by atoms with van der Waals surface area (Å²) in [6.07, 6.45) is 9.68. The van der Waals surface area contributed by atoms with Gasteiger partial charge in [-0.15, -0.1) is 6.58 Å². The minimum atomic E-state index is -0.203. The summed E-state index contributed by atoms with van der Waals surface area (Å²) in [7, 11) is 1.58. The first kappa shape index (κ1) is 18.8. The Balaban J connectivity index is 1.64. The van der Waals surface area contributed by atoms with E-state index in [9.17, 15) is 4.39 Å². The first-order chi connectivity index (χ1) is 12.7. The van der Waals surface area contributed by atoms with Crippen LogP contribution >= 0.6 is 0 Å². The summed E-state index contributed by atoms with van der Waals surface area (Å²) in [6, 6.07) is 14.1. The lowest BCUT2D eigenvalue weighted by Crippen LogP contribution is -2.13. The minimum Gasteiger partial charge on any atom is -0.380 e. The fourth-order valence-corrected chi connectivity index (χ4v) is 4.09. The summed E-state index contributed by atoms with van der Waals surface area (Å²) in [5.74, 6) is 1.34. The quantitative estimate of drug-likeness (QED) is 0.494. The van der Waals surface area contributed by atoms with Gasteiger partial charge in [0.1, 0.15) is 5.82 Å². The van der Waals surface area contributed by atoms with Crippen LogP contribution in [0.2, 0.25) is 0 Å². The molecule has 0 amide bonds. The van der Waals surface area contributed by atoms with Gasteiger partial charge in [-0.2, -0.15) is 0 Å². The zero-order valence-corrected chi connectivity index (χ0v) is 15.7. The van der Waals surface area contributed by atoms with E-state index in [0.29, 0.717) is 18.1 Å². The van der Waals surface area contributed by atoms with E-state index in [1.54, 1.807) is 13.2 Å². The van der Waals surface area contributed by atoms with Crippen LogP contribution in [0.1, 0.15) is 55.6 Å². The van der Waals surface area contributed by atoms with E-state index >= 15 is 0 Å². The van der Waals surface area contributed by atoms with Crippen LogP contribution in [0.4, 0.5) is 4.39 Å². The van der Waals surface area contributed by atoms with E-state index in [1.165, 1.54) is 37.7 Å². The van der Waals surface area contributed by atoms with Crippen molar-refractivity contribution in [2.45, 2.75) is 51.0 Å².